The van der Waals surface area contributed by atoms with Crippen molar-refractivity contribution in [2.24, 2.45) is 7.05 Å². The predicted molar refractivity (Wildman–Crippen MR) is 138 cm³/mol. The third kappa shape index (κ3) is 3.03. The van der Waals surface area contributed by atoms with Gasteiger partial charge in [-0.1, -0.05) is 36.4 Å². The van der Waals surface area contributed by atoms with E-state index in [1.165, 1.54) is 10.9 Å². The second-order valence-electron chi connectivity index (χ2n) is 9.37. The Morgan fingerprint density at radius 1 is 0.919 bits per heavy atom. The van der Waals surface area contributed by atoms with E-state index in [1.54, 1.807) is 17.3 Å². The standard InChI is InChI=1S/C28H22N6O3/c1-31-14-19(17-6-2-4-8-20(17)31)24-25(27(36)30-26(24)35)23-18-7-3-5-9-21(18)34-13-12-32(15-22(23)34)28(37)33-11-10-29-16-33/h2-11,14,16H,12-13,15H2,1H3,(H,30,35,36). The van der Waals surface area contributed by atoms with Gasteiger partial charge in [-0.05, 0) is 12.1 Å². The summed E-state index contributed by atoms with van der Waals surface area (Å²) in [5.74, 6) is -0.840. The van der Waals surface area contributed by atoms with Gasteiger partial charge in [-0.15, -0.1) is 0 Å². The molecule has 0 fully saturated rings. The van der Waals surface area contributed by atoms with E-state index in [0.717, 1.165) is 27.5 Å². The number of imide groups is 1. The van der Waals surface area contributed by atoms with Gasteiger partial charge in [0.1, 0.15) is 6.33 Å². The molecule has 0 saturated carbocycles. The number of nitrogens with zero attached hydrogens (tertiary/aromatic N) is 5. The number of rotatable bonds is 2. The van der Waals surface area contributed by atoms with Crippen molar-refractivity contribution in [2.75, 3.05) is 6.54 Å². The molecule has 1 N–H and O–H groups in total. The van der Waals surface area contributed by atoms with Crippen molar-refractivity contribution in [1.29, 1.82) is 0 Å². The summed E-state index contributed by atoms with van der Waals surface area (Å²) in [6, 6.07) is 15.5. The van der Waals surface area contributed by atoms with Gasteiger partial charge in [0.25, 0.3) is 11.8 Å². The number of aromatic nitrogens is 4. The monoisotopic (exact) mass is 490 g/mol. The lowest BCUT2D eigenvalue weighted by molar-refractivity contribution is -0.122. The number of carbonyl (C=O) groups excluding carboxylic acids is 3. The first-order chi connectivity index (χ1) is 18.0. The van der Waals surface area contributed by atoms with Gasteiger partial charge in [-0.2, -0.15) is 0 Å². The molecule has 3 aromatic heterocycles. The smallest absolute Gasteiger partial charge is 0.329 e. The van der Waals surface area contributed by atoms with E-state index < -0.39 is 11.8 Å². The van der Waals surface area contributed by atoms with Crippen molar-refractivity contribution >= 4 is 50.8 Å². The Hall–Kier alpha value is -4.92. The van der Waals surface area contributed by atoms with Gasteiger partial charge in [0, 0.05) is 77.4 Å². The summed E-state index contributed by atoms with van der Waals surface area (Å²) in [4.78, 5) is 45.6. The van der Waals surface area contributed by atoms with Crippen LogP contribution in [0.2, 0.25) is 0 Å². The Morgan fingerprint density at radius 3 is 2.43 bits per heavy atom. The maximum atomic E-state index is 13.4. The minimum atomic E-state index is -0.426. The number of amides is 3. The molecule has 3 amide bonds. The summed E-state index contributed by atoms with van der Waals surface area (Å²) in [6.45, 7) is 1.39. The minimum Gasteiger partial charge on any atom is -0.350 e. The Balaban J connectivity index is 1.48. The normalized spacial score (nSPS) is 15.6. The van der Waals surface area contributed by atoms with Gasteiger partial charge < -0.3 is 14.0 Å². The van der Waals surface area contributed by atoms with Crippen molar-refractivity contribution in [2.45, 2.75) is 13.1 Å². The van der Waals surface area contributed by atoms with E-state index >= 15 is 0 Å². The maximum absolute atomic E-state index is 13.4. The largest absolute Gasteiger partial charge is 0.350 e. The lowest BCUT2D eigenvalue weighted by Gasteiger charge is -2.29. The number of fused-ring (bicyclic) bond motifs is 4. The second-order valence-corrected chi connectivity index (χ2v) is 9.37. The molecule has 0 saturated heterocycles. The molecule has 5 heterocycles. The fourth-order valence-electron chi connectivity index (χ4n) is 5.73. The van der Waals surface area contributed by atoms with Crippen LogP contribution < -0.4 is 5.32 Å². The molecule has 7 rings (SSSR count). The third-order valence-electron chi connectivity index (χ3n) is 7.36. The lowest BCUT2D eigenvalue weighted by atomic mass is 9.93. The number of aryl methyl sites for hydroxylation is 1. The van der Waals surface area contributed by atoms with Gasteiger partial charge in [-0.3, -0.25) is 19.5 Å². The van der Waals surface area contributed by atoms with E-state index in [2.05, 4.69) is 14.9 Å². The van der Waals surface area contributed by atoms with Crippen LogP contribution in [0, 0.1) is 0 Å². The maximum Gasteiger partial charge on any atom is 0.329 e. The van der Waals surface area contributed by atoms with Crippen molar-refractivity contribution in [3.8, 4) is 0 Å². The molecular formula is C28H22N6O3. The quantitative estimate of drug-likeness (QED) is 0.384. The zero-order valence-electron chi connectivity index (χ0n) is 20.0. The highest BCUT2D eigenvalue weighted by atomic mass is 16.2. The molecule has 0 radical (unpaired) electrons. The van der Waals surface area contributed by atoms with Crippen LogP contribution in [0.3, 0.4) is 0 Å². The summed E-state index contributed by atoms with van der Waals surface area (Å²) in [7, 11) is 1.93. The number of carbonyl (C=O) groups is 3. The van der Waals surface area contributed by atoms with Crippen LogP contribution in [0.15, 0.2) is 73.4 Å². The Morgan fingerprint density at radius 2 is 1.65 bits per heavy atom. The average Bonchev–Trinajstić information content (AvgIpc) is 3.68. The summed E-state index contributed by atoms with van der Waals surface area (Å²) in [6.07, 6.45) is 6.58. The molecule has 0 spiro atoms. The third-order valence-corrected chi connectivity index (χ3v) is 7.36. The molecule has 182 valence electrons. The summed E-state index contributed by atoms with van der Waals surface area (Å²) in [5, 5.41) is 4.32. The topological polar surface area (TPSA) is 94.2 Å². The molecule has 0 atom stereocenters. The number of nitrogens with one attached hydrogen (secondary N) is 1. The highest BCUT2D eigenvalue weighted by molar-refractivity contribution is 6.51. The molecule has 0 unspecified atom stereocenters. The number of imidazole rings is 1. The van der Waals surface area contributed by atoms with Gasteiger partial charge in [0.05, 0.1) is 17.7 Å². The fourth-order valence-corrected chi connectivity index (χ4v) is 5.73. The van der Waals surface area contributed by atoms with E-state index in [1.807, 2.05) is 66.3 Å². The van der Waals surface area contributed by atoms with Crippen molar-refractivity contribution in [3.05, 3.63) is 90.3 Å². The lowest BCUT2D eigenvalue weighted by Crippen LogP contribution is -2.40. The van der Waals surface area contributed by atoms with Crippen LogP contribution in [0.1, 0.15) is 16.8 Å². The molecule has 2 aromatic carbocycles. The van der Waals surface area contributed by atoms with Crippen LogP contribution in [0.5, 0.6) is 0 Å². The highest BCUT2D eigenvalue weighted by Crippen LogP contribution is 2.41. The molecular weight excluding hydrogens is 468 g/mol. The van der Waals surface area contributed by atoms with Gasteiger partial charge in [0.15, 0.2) is 0 Å². The predicted octanol–water partition coefficient (Wildman–Crippen LogP) is 3.38. The fraction of sp³-hybridized carbons (Fsp3) is 0.143. The highest BCUT2D eigenvalue weighted by Gasteiger charge is 2.38. The van der Waals surface area contributed by atoms with Crippen molar-refractivity contribution in [3.63, 3.8) is 0 Å². The number of para-hydroxylation sites is 2. The Kier molecular flexibility index (Phi) is 4.50. The van der Waals surface area contributed by atoms with E-state index in [-0.39, 0.29) is 6.03 Å². The average molecular weight is 491 g/mol. The first kappa shape index (κ1) is 21.4. The SMILES string of the molecule is Cn1cc(C2=C(c3c4n(c5ccccc35)CCN(C(=O)n3ccnc3)C4)C(=O)NC2=O)c2ccccc21. The number of hydrogen-bond acceptors (Lipinski definition) is 4. The second kappa shape index (κ2) is 7.79. The van der Waals surface area contributed by atoms with E-state index in [4.69, 9.17) is 0 Å². The molecule has 9 nitrogen and oxygen atoms in total. The Bertz CT molecular complexity index is 1800. The van der Waals surface area contributed by atoms with E-state index in [9.17, 15) is 14.4 Å². The van der Waals surface area contributed by atoms with Crippen molar-refractivity contribution in [1.82, 2.24) is 28.9 Å². The van der Waals surface area contributed by atoms with Gasteiger partial charge in [-0.25, -0.2) is 9.78 Å². The molecule has 5 aromatic rings. The molecule has 37 heavy (non-hydrogen) atoms. The molecule has 2 aliphatic heterocycles. The van der Waals surface area contributed by atoms with Crippen LogP contribution in [0.4, 0.5) is 4.79 Å². The molecule has 0 aliphatic carbocycles. The van der Waals surface area contributed by atoms with Crippen LogP contribution in [0.25, 0.3) is 33.0 Å². The van der Waals surface area contributed by atoms with Crippen LogP contribution in [-0.2, 0) is 29.7 Å². The minimum absolute atomic E-state index is 0.185. The molecule has 2 aliphatic rings. The van der Waals surface area contributed by atoms with Crippen molar-refractivity contribution < 1.29 is 14.4 Å². The number of benzene rings is 2. The number of hydrogen-bond donors (Lipinski definition) is 1. The Labute approximate surface area is 211 Å². The first-order valence-corrected chi connectivity index (χ1v) is 12.0. The van der Waals surface area contributed by atoms with Crippen LogP contribution in [-0.4, -0.2) is 48.0 Å². The summed E-state index contributed by atoms with van der Waals surface area (Å²) < 4.78 is 5.57. The summed E-state index contributed by atoms with van der Waals surface area (Å²) in [5.41, 5.74) is 4.89. The first-order valence-electron chi connectivity index (χ1n) is 12.0. The van der Waals surface area contributed by atoms with E-state index in [0.29, 0.717) is 41.9 Å². The zero-order valence-corrected chi connectivity index (χ0v) is 20.0. The van der Waals surface area contributed by atoms with Gasteiger partial charge >= 0.3 is 6.03 Å². The van der Waals surface area contributed by atoms with Crippen LogP contribution >= 0.6 is 0 Å². The molecule has 0 bridgehead atoms. The summed E-state index contributed by atoms with van der Waals surface area (Å²) >= 11 is 0. The molecule has 9 heteroatoms. The zero-order chi connectivity index (χ0) is 25.3. The van der Waals surface area contributed by atoms with Gasteiger partial charge in [0.2, 0.25) is 0 Å².